The van der Waals surface area contributed by atoms with Gasteiger partial charge in [0.05, 0.1) is 0 Å². The molecule has 0 fully saturated rings. The zero-order valence-corrected chi connectivity index (χ0v) is 9.88. The fourth-order valence-corrected chi connectivity index (χ4v) is 1.13. The summed E-state index contributed by atoms with van der Waals surface area (Å²) in [5, 5.41) is 3.15. The number of guanidine groups is 1. The second kappa shape index (κ2) is 11.3. The first kappa shape index (κ1) is 14.2. The van der Waals surface area contributed by atoms with Gasteiger partial charge >= 0.3 is 0 Å². The molecule has 0 radical (unpaired) electrons. The lowest BCUT2D eigenvalue weighted by Crippen LogP contribution is -2.42. The van der Waals surface area contributed by atoms with Crippen molar-refractivity contribution in [2.75, 3.05) is 26.8 Å². The highest BCUT2D eigenvalue weighted by molar-refractivity contribution is 5.79. The number of aliphatic imine (C=N–C) groups is 1. The summed E-state index contributed by atoms with van der Waals surface area (Å²) in [6, 6.07) is 0. The van der Waals surface area contributed by atoms with Crippen LogP contribution in [-0.4, -0.2) is 32.8 Å². The van der Waals surface area contributed by atoms with Crippen LogP contribution in [0.1, 0.15) is 32.6 Å². The van der Waals surface area contributed by atoms with Gasteiger partial charge in [0, 0.05) is 26.8 Å². The summed E-state index contributed by atoms with van der Waals surface area (Å²) < 4.78 is 4.93. The van der Waals surface area contributed by atoms with Crippen molar-refractivity contribution < 1.29 is 4.74 Å². The van der Waals surface area contributed by atoms with Gasteiger partial charge in [0.1, 0.15) is 0 Å². The lowest BCUT2D eigenvalue weighted by atomic mass is 10.2. The van der Waals surface area contributed by atoms with Crippen LogP contribution >= 0.6 is 0 Å². The van der Waals surface area contributed by atoms with Crippen LogP contribution in [0.15, 0.2) is 4.99 Å². The lowest BCUT2D eigenvalue weighted by molar-refractivity contribution is 0.197. The van der Waals surface area contributed by atoms with Crippen LogP contribution in [0.5, 0.6) is 0 Å². The van der Waals surface area contributed by atoms with E-state index in [4.69, 9.17) is 10.6 Å². The molecule has 15 heavy (non-hydrogen) atoms. The zero-order chi connectivity index (χ0) is 11.4. The van der Waals surface area contributed by atoms with E-state index < -0.39 is 0 Å². The number of hydrazine groups is 1. The highest BCUT2D eigenvalue weighted by Gasteiger charge is 1.94. The van der Waals surface area contributed by atoms with Gasteiger partial charge in [0.2, 0.25) is 5.96 Å². The molecule has 0 aliphatic rings. The van der Waals surface area contributed by atoms with E-state index >= 15 is 0 Å². The number of nitrogens with one attached hydrogen (secondary N) is 2. The fraction of sp³-hybridized carbons (Fsp3) is 0.900. The smallest absolute Gasteiger partial charge is 0.205 e. The second-order valence-corrected chi connectivity index (χ2v) is 3.35. The Hall–Kier alpha value is -0.810. The highest BCUT2D eigenvalue weighted by atomic mass is 16.5. The minimum Gasteiger partial charge on any atom is -0.385 e. The van der Waals surface area contributed by atoms with E-state index in [9.17, 15) is 0 Å². The number of methoxy groups -OCH3 is 1. The molecule has 0 bridgehead atoms. The van der Waals surface area contributed by atoms with Gasteiger partial charge in [-0.1, -0.05) is 19.8 Å². The summed E-state index contributed by atoms with van der Waals surface area (Å²) in [5.74, 6) is 6.00. The van der Waals surface area contributed by atoms with E-state index in [1.807, 2.05) is 0 Å². The Kier molecular flexibility index (Phi) is 10.7. The Morgan fingerprint density at radius 1 is 1.33 bits per heavy atom. The van der Waals surface area contributed by atoms with E-state index in [0.717, 1.165) is 32.5 Å². The van der Waals surface area contributed by atoms with Crippen molar-refractivity contribution in [1.29, 1.82) is 0 Å². The number of unbranched alkanes of at least 4 members (excludes halogenated alkanes) is 2. The van der Waals surface area contributed by atoms with Crippen molar-refractivity contribution in [3.8, 4) is 0 Å². The van der Waals surface area contributed by atoms with Crippen molar-refractivity contribution in [2.24, 2.45) is 10.8 Å². The molecule has 0 aromatic heterocycles. The third-order valence-corrected chi connectivity index (χ3v) is 1.99. The molecule has 0 aromatic rings. The van der Waals surface area contributed by atoms with Crippen molar-refractivity contribution in [3.05, 3.63) is 0 Å². The first-order chi connectivity index (χ1) is 7.35. The summed E-state index contributed by atoms with van der Waals surface area (Å²) in [7, 11) is 1.69. The molecule has 4 N–H and O–H groups in total. The van der Waals surface area contributed by atoms with Crippen molar-refractivity contribution >= 4 is 5.96 Å². The van der Waals surface area contributed by atoms with Gasteiger partial charge in [-0.2, -0.15) is 0 Å². The van der Waals surface area contributed by atoms with Crippen LogP contribution in [0.2, 0.25) is 0 Å². The molecule has 0 heterocycles. The van der Waals surface area contributed by atoms with Gasteiger partial charge in [-0.15, -0.1) is 0 Å². The molecule has 0 aliphatic heterocycles. The molecular weight excluding hydrogens is 192 g/mol. The number of hydrogen-bond acceptors (Lipinski definition) is 3. The summed E-state index contributed by atoms with van der Waals surface area (Å²) in [5.41, 5.74) is 2.55. The third-order valence-electron chi connectivity index (χ3n) is 1.99. The quantitative estimate of drug-likeness (QED) is 0.183. The normalized spacial score (nSPS) is 11.5. The van der Waals surface area contributed by atoms with Crippen molar-refractivity contribution in [1.82, 2.24) is 10.7 Å². The van der Waals surface area contributed by atoms with Gasteiger partial charge in [0.25, 0.3) is 0 Å². The second-order valence-electron chi connectivity index (χ2n) is 3.35. The lowest BCUT2D eigenvalue weighted by Gasteiger charge is -2.08. The molecule has 0 saturated carbocycles. The van der Waals surface area contributed by atoms with Crippen molar-refractivity contribution in [3.63, 3.8) is 0 Å². The molecular formula is C10H24N4O. The molecule has 0 aromatic carbocycles. The number of rotatable bonds is 8. The predicted octanol–water partition coefficient (Wildman–Crippen LogP) is 0.622. The van der Waals surface area contributed by atoms with Crippen LogP contribution in [0.4, 0.5) is 0 Å². The molecule has 5 nitrogen and oxygen atoms in total. The van der Waals surface area contributed by atoms with Crippen LogP contribution in [-0.2, 0) is 4.74 Å². The average Bonchev–Trinajstić information content (AvgIpc) is 2.27. The monoisotopic (exact) mass is 216 g/mol. The van der Waals surface area contributed by atoms with Gasteiger partial charge in [0.15, 0.2) is 0 Å². The van der Waals surface area contributed by atoms with Gasteiger partial charge < -0.3 is 10.1 Å². The summed E-state index contributed by atoms with van der Waals surface area (Å²) >= 11 is 0. The molecule has 0 aliphatic carbocycles. The van der Waals surface area contributed by atoms with Crippen LogP contribution in [0, 0.1) is 0 Å². The maximum Gasteiger partial charge on any atom is 0.205 e. The van der Waals surface area contributed by atoms with Crippen LogP contribution in [0.3, 0.4) is 0 Å². The Morgan fingerprint density at radius 2 is 2.13 bits per heavy atom. The number of nitrogens with zero attached hydrogens (tertiary/aromatic N) is 1. The van der Waals surface area contributed by atoms with Crippen molar-refractivity contribution in [2.45, 2.75) is 32.6 Å². The largest absolute Gasteiger partial charge is 0.385 e. The van der Waals surface area contributed by atoms with E-state index in [-0.39, 0.29) is 0 Å². The molecule has 90 valence electrons. The summed E-state index contributed by atoms with van der Waals surface area (Å²) in [6.45, 7) is 4.56. The molecule has 0 rings (SSSR count). The van der Waals surface area contributed by atoms with Gasteiger partial charge in [-0.3, -0.25) is 10.4 Å². The molecule has 0 atom stereocenters. The number of hydrogen-bond donors (Lipinski definition) is 3. The topological polar surface area (TPSA) is 71.7 Å². The maximum absolute atomic E-state index is 5.33. The Labute approximate surface area is 92.4 Å². The molecule has 0 unspecified atom stereocenters. The Morgan fingerprint density at radius 3 is 2.73 bits per heavy atom. The summed E-state index contributed by atoms with van der Waals surface area (Å²) in [6.07, 6.45) is 4.51. The highest BCUT2D eigenvalue weighted by Crippen LogP contribution is 1.90. The van der Waals surface area contributed by atoms with Gasteiger partial charge in [-0.25, -0.2) is 5.84 Å². The SMILES string of the molecule is CCCCCNC(=NCCCOC)NN. The minimum absolute atomic E-state index is 0.669. The zero-order valence-electron chi connectivity index (χ0n) is 9.88. The summed E-state index contributed by atoms with van der Waals surface area (Å²) in [4.78, 5) is 4.27. The van der Waals surface area contributed by atoms with E-state index in [0.29, 0.717) is 5.96 Å². The molecule has 0 amide bonds. The van der Waals surface area contributed by atoms with Gasteiger partial charge in [-0.05, 0) is 12.8 Å². The first-order valence-electron chi connectivity index (χ1n) is 5.59. The predicted molar refractivity (Wildman–Crippen MR) is 63.6 cm³/mol. The number of ether oxygens (including phenoxy) is 1. The first-order valence-corrected chi connectivity index (χ1v) is 5.59. The average molecular weight is 216 g/mol. The molecule has 0 saturated heterocycles. The van der Waals surface area contributed by atoms with E-state index in [2.05, 4.69) is 22.7 Å². The van der Waals surface area contributed by atoms with Crippen LogP contribution in [0.25, 0.3) is 0 Å². The Balaban J connectivity index is 3.51. The fourth-order valence-electron chi connectivity index (χ4n) is 1.13. The molecule has 5 heteroatoms. The minimum atomic E-state index is 0.669. The number of nitrogens with two attached hydrogens (primary N) is 1. The van der Waals surface area contributed by atoms with E-state index in [1.165, 1.54) is 12.8 Å². The standard InChI is InChI=1S/C10H24N4O/c1-3-4-5-7-12-10(14-11)13-8-6-9-15-2/h3-9,11H2,1-2H3,(H2,12,13,14). The van der Waals surface area contributed by atoms with E-state index in [1.54, 1.807) is 7.11 Å². The van der Waals surface area contributed by atoms with Crippen LogP contribution < -0.4 is 16.6 Å². The third kappa shape index (κ3) is 9.49. The molecule has 0 spiro atoms. The maximum atomic E-state index is 5.33. The Bertz CT molecular complexity index is 162.